The molecule has 0 aliphatic rings. The molecule has 4 aromatic rings. The zero-order valence-corrected chi connectivity index (χ0v) is 15.1. The van der Waals surface area contributed by atoms with Gasteiger partial charge in [-0.1, -0.05) is 60.7 Å². The number of benzene rings is 3. The minimum Gasteiger partial charge on any atom is -0.248 e. The largest absolute Gasteiger partial charge is 0.248 e. The Balaban J connectivity index is 1.85. The number of pyridine rings is 1. The lowest BCUT2D eigenvalue weighted by Gasteiger charge is -2.10. The van der Waals surface area contributed by atoms with Gasteiger partial charge in [-0.15, -0.1) is 0 Å². The second-order valence-electron chi connectivity index (χ2n) is 6.24. The summed E-state index contributed by atoms with van der Waals surface area (Å²) in [6.45, 7) is 0. The Hall–Kier alpha value is -2.98. The Morgan fingerprint density at radius 1 is 0.731 bits per heavy atom. The molecule has 3 aromatic carbocycles. The molecule has 0 aliphatic carbocycles. The van der Waals surface area contributed by atoms with Crippen LogP contribution in [0, 0.1) is 0 Å². The Labute approximate surface area is 152 Å². The molecule has 26 heavy (non-hydrogen) atoms. The lowest BCUT2D eigenvalue weighted by molar-refractivity contribution is 0.602. The third-order valence-corrected chi connectivity index (χ3v) is 5.51. The lowest BCUT2D eigenvalue weighted by atomic mass is 10.0. The van der Waals surface area contributed by atoms with E-state index in [1.807, 2.05) is 66.7 Å². The number of aromatic nitrogens is 1. The molecule has 0 saturated carbocycles. The Morgan fingerprint density at radius 3 is 2.31 bits per heavy atom. The highest BCUT2D eigenvalue weighted by Crippen LogP contribution is 2.30. The highest BCUT2D eigenvalue weighted by molar-refractivity contribution is 7.90. The second kappa shape index (κ2) is 6.39. The lowest BCUT2D eigenvalue weighted by Crippen LogP contribution is -1.99. The van der Waals surface area contributed by atoms with E-state index >= 15 is 0 Å². The van der Waals surface area contributed by atoms with Crippen LogP contribution in [0.4, 0.5) is 0 Å². The molecule has 128 valence electrons. The van der Waals surface area contributed by atoms with Gasteiger partial charge in [0.2, 0.25) is 0 Å². The first-order valence-corrected chi connectivity index (χ1v) is 10.2. The molecule has 0 spiro atoms. The number of hydrogen-bond donors (Lipinski definition) is 0. The standard InChI is InChI=1S/C22H17NO2S/c1-26(24,25)22-12-5-3-10-19(22)17-8-6-9-18(15-17)21-14-13-16-7-2-4-11-20(16)23-21/h2-15H,1H3. The minimum atomic E-state index is -3.30. The molecule has 0 saturated heterocycles. The third-order valence-electron chi connectivity index (χ3n) is 4.35. The average molecular weight is 359 g/mol. The van der Waals surface area contributed by atoms with Crippen molar-refractivity contribution in [1.82, 2.24) is 4.98 Å². The van der Waals surface area contributed by atoms with Gasteiger partial charge in [0.15, 0.2) is 9.84 Å². The summed E-state index contributed by atoms with van der Waals surface area (Å²) in [5.74, 6) is 0. The molecule has 1 aromatic heterocycles. The monoisotopic (exact) mass is 359 g/mol. The molecule has 1 heterocycles. The number of sulfone groups is 1. The number of para-hydroxylation sites is 1. The summed E-state index contributed by atoms with van der Waals surface area (Å²) >= 11 is 0. The van der Waals surface area contributed by atoms with E-state index in [4.69, 9.17) is 4.98 Å². The van der Waals surface area contributed by atoms with Crippen LogP contribution in [0.2, 0.25) is 0 Å². The van der Waals surface area contributed by atoms with Crippen LogP contribution in [-0.4, -0.2) is 19.7 Å². The number of rotatable bonds is 3. The van der Waals surface area contributed by atoms with Crippen molar-refractivity contribution in [2.24, 2.45) is 0 Å². The van der Waals surface area contributed by atoms with E-state index in [0.717, 1.165) is 27.7 Å². The first-order chi connectivity index (χ1) is 12.5. The first-order valence-electron chi connectivity index (χ1n) is 8.28. The average Bonchev–Trinajstić information content (AvgIpc) is 2.67. The minimum absolute atomic E-state index is 0.337. The quantitative estimate of drug-likeness (QED) is 0.519. The fraction of sp³-hybridized carbons (Fsp3) is 0.0455. The maximum absolute atomic E-state index is 12.1. The molecule has 0 atom stereocenters. The van der Waals surface area contributed by atoms with Gasteiger partial charge in [-0.3, -0.25) is 0 Å². The maximum Gasteiger partial charge on any atom is 0.176 e. The number of hydrogen-bond acceptors (Lipinski definition) is 3. The van der Waals surface area contributed by atoms with Crippen molar-refractivity contribution in [2.75, 3.05) is 6.26 Å². The highest BCUT2D eigenvalue weighted by atomic mass is 32.2. The summed E-state index contributed by atoms with van der Waals surface area (Å²) in [5.41, 5.74) is 4.32. The van der Waals surface area contributed by atoms with E-state index in [0.29, 0.717) is 10.5 Å². The van der Waals surface area contributed by atoms with Crippen molar-refractivity contribution in [2.45, 2.75) is 4.90 Å². The fourth-order valence-corrected chi connectivity index (χ4v) is 4.01. The van der Waals surface area contributed by atoms with Crippen LogP contribution >= 0.6 is 0 Å². The van der Waals surface area contributed by atoms with Crippen LogP contribution in [-0.2, 0) is 9.84 Å². The van der Waals surface area contributed by atoms with Crippen molar-refractivity contribution in [3.63, 3.8) is 0 Å². The van der Waals surface area contributed by atoms with Crippen LogP contribution in [0.5, 0.6) is 0 Å². The molecule has 3 nitrogen and oxygen atoms in total. The van der Waals surface area contributed by atoms with Crippen molar-refractivity contribution in [1.29, 1.82) is 0 Å². The molecule has 0 amide bonds. The van der Waals surface area contributed by atoms with E-state index in [9.17, 15) is 8.42 Å². The number of nitrogens with zero attached hydrogens (tertiary/aromatic N) is 1. The summed E-state index contributed by atoms with van der Waals surface area (Å²) in [6, 6.07) is 26.9. The SMILES string of the molecule is CS(=O)(=O)c1ccccc1-c1cccc(-c2ccc3ccccc3n2)c1. The van der Waals surface area contributed by atoms with Gasteiger partial charge in [-0.2, -0.15) is 0 Å². The molecular formula is C22H17NO2S. The van der Waals surface area contributed by atoms with Crippen LogP contribution in [0.15, 0.2) is 89.8 Å². The summed E-state index contributed by atoms with van der Waals surface area (Å²) in [5, 5.41) is 1.09. The molecule has 0 aliphatic heterocycles. The zero-order chi connectivity index (χ0) is 18.1. The Kier molecular flexibility index (Phi) is 4.05. The molecule has 4 heteroatoms. The molecule has 0 unspecified atom stereocenters. The van der Waals surface area contributed by atoms with Gasteiger partial charge in [-0.25, -0.2) is 13.4 Å². The summed E-state index contributed by atoms with van der Waals surface area (Å²) in [4.78, 5) is 5.07. The molecule has 4 rings (SSSR count). The summed E-state index contributed by atoms with van der Waals surface area (Å²) in [7, 11) is -3.30. The number of fused-ring (bicyclic) bond motifs is 1. The first kappa shape index (κ1) is 16.5. The molecule has 0 radical (unpaired) electrons. The van der Waals surface area contributed by atoms with Gasteiger partial charge < -0.3 is 0 Å². The van der Waals surface area contributed by atoms with Gasteiger partial charge >= 0.3 is 0 Å². The Bertz CT molecular complexity index is 1210. The van der Waals surface area contributed by atoms with Crippen LogP contribution in [0.1, 0.15) is 0 Å². The van der Waals surface area contributed by atoms with Gasteiger partial charge in [0.05, 0.1) is 16.1 Å². The molecule has 0 bridgehead atoms. The third kappa shape index (κ3) is 3.11. The predicted octanol–water partition coefficient (Wildman–Crippen LogP) is 4.97. The molecule has 0 fully saturated rings. The van der Waals surface area contributed by atoms with Crippen molar-refractivity contribution in [3.8, 4) is 22.4 Å². The van der Waals surface area contributed by atoms with Gasteiger partial charge in [0.25, 0.3) is 0 Å². The van der Waals surface area contributed by atoms with Crippen molar-refractivity contribution >= 4 is 20.7 Å². The molecular weight excluding hydrogens is 342 g/mol. The zero-order valence-electron chi connectivity index (χ0n) is 14.3. The van der Waals surface area contributed by atoms with Gasteiger partial charge in [0.1, 0.15) is 0 Å². The smallest absolute Gasteiger partial charge is 0.176 e. The topological polar surface area (TPSA) is 47.0 Å². The van der Waals surface area contributed by atoms with Gasteiger partial charge in [0, 0.05) is 22.8 Å². The molecule has 0 N–H and O–H groups in total. The van der Waals surface area contributed by atoms with Crippen LogP contribution in [0.25, 0.3) is 33.3 Å². The van der Waals surface area contributed by atoms with Crippen molar-refractivity contribution < 1.29 is 8.42 Å². The van der Waals surface area contributed by atoms with Crippen LogP contribution < -0.4 is 0 Å². The van der Waals surface area contributed by atoms with Crippen LogP contribution in [0.3, 0.4) is 0 Å². The Morgan fingerprint density at radius 2 is 1.46 bits per heavy atom. The second-order valence-corrected chi connectivity index (χ2v) is 8.22. The van der Waals surface area contributed by atoms with E-state index in [-0.39, 0.29) is 0 Å². The van der Waals surface area contributed by atoms with E-state index in [2.05, 4.69) is 6.07 Å². The maximum atomic E-state index is 12.1. The highest BCUT2D eigenvalue weighted by Gasteiger charge is 2.14. The normalized spacial score (nSPS) is 11.6. The van der Waals surface area contributed by atoms with E-state index in [1.165, 1.54) is 6.26 Å². The van der Waals surface area contributed by atoms with E-state index in [1.54, 1.807) is 12.1 Å². The van der Waals surface area contributed by atoms with Gasteiger partial charge in [-0.05, 0) is 29.8 Å². The predicted molar refractivity (Wildman–Crippen MR) is 106 cm³/mol. The summed E-state index contributed by atoms with van der Waals surface area (Å²) < 4.78 is 24.2. The fourth-order valence-electron chi connectivity index (χ4n) is 3.10. The summed E-state index contributed by atoms with van der Waals surface area (Å²) in [6.07, 6.45) is 1.24. The van der Waals surface area contributed by atoms with Crippen molar-refractivity contribution in [3.05, 3.63) is 84.9 Å². The van der Waals surface area contributed by atoms with E-state index < -0.39 is 9.84 Å².